The van der Waals surface area contributed by atoms with Crippen molar-refractivity contribution in [1.82, 2.24) is 0 Å². The molecule has 1 N–H and O–H groups in total. The fourth-order valence-electron chi connectivity index (χ4n) is 1.55. The average Bonchev–Trinajstić information content (AvgIpc) is 2.14. The second-order valence-corrected chi connectivity index (χ2v) is 3.68. The molecule has 1 aromatic carbocycles. The van der Waals surface area contributed by atoms with Crippen LogP contribution in [0.3, 0.4) is 0 Å². The summed E-state index contributed by atoms with van der Waals surface area (Å²) in [4.78, 5) is 0. The summed E-state index contributed by atoms with van der Waals surface area (Å²) in [7, 11) is 1.65. The van der Waals surface area contributed by atoms with E-state index in [0.29, 0.717) is 0 Å². The molecule has 0 unspecified atom stereocenters. The molecule has 0 bridgehead atoms. The Bertz CT molecular complexity index is 310. The number of aliphatic hydroxyl groups is 1. The molecule has 1 aromatic rings. The van der Waals surface area contributed by atoms with Crippen LogP contribution in [-0.2, 0) is 6.42 Å². The van der Waals surface area contributed by atoms with E-state index in [1.54, 1.807) is 7.11 Å². The summed E-state index contributed by atoms with van der Waals surface area (Å²) in [6, 6.07) is 3.77. The fourth-order valence-corrected chi connectivity index (χ4v) is 1.84. The zero-order chi connectivity index (χ0) is 10.6. The van der Waals surface area contributed by atoms with Crippen LogP contribution in [-0.4, -0.2) is 18.8 Å². The van der Waals surface area contributed by atoms with E-state index in [4.69, 9.17) is 21.4 Å². The predicted molar refractivity (Wildman–Crippen MR) is 58.1 cm³/mol. The van der Waals surface area contributed by atoms with E-state index in [1.807, 2.05) is 19.1 Å². The zero-order valence-electron chi connectivity index (χ0n) is 8.51. The van der Waals surface area contributed by atoms with Crippen molar-refractivity contribution >= 4 is 11.6 Å². The summed E-state index contributed by atoms with van der Waals surface area (Å²) < 4.78 is 5.29. The van der Waals surface area contributed by atoms with Gasteiger partial charge in [-0.15, -0.1) is 0 Å². The molecular formula is C11H15ClO2. The second-order valence-electron chi connectivity index (χ2n) is 3.24. The molecule has 0 radical (unpaired) electrons. The molecule has 78 valence electrons. The van der Waals surface area contributed by atoms with Crippen molar-refractivity contribution in [3.8, 4) is 5.75 Å². The van der Waals surface area contributed by atoms with Crippen LogP contribution < -0.4 is 4.74 Å². The molecule has 0 saturated heterocycles. The van der Waals surface area contributed by atoms with E-state index in [1.165, 1.54) is 0 Å². The van der Waals surface area contributed by atoms with Crippen LogP contribution in [0.5, 0.6) is 5.75 Å². The van der Waals surface area contributed by atoms with E-state index in [0.717, 1.165) is 34.7 Å². The van der Waals surface area contributed by atoms with Crippen LogP contribution in [0.1, 0.15) is 17.5 Å². The van der Waals surface area contributed by atoms with E-state index in [-0.39, 0.29) is 6.61 Å². The highest BCUT2D eigenvalue weighted by Gasteiger charge is 2.07. The van der Waals surface area contributed by atoms with Crippen molar-refractivity contribution in [3.05, 3.63) is 28.3 Å². The molecule has 0 fully saturated rings. The van der Waals surface area contributed by atoms with Gasteiger partial charge in [-0.1, -0.05) is 11.6 Å². The molecule has 0 aromatic heterocycles. The SMILES string of the molecule is COc1c(C)cc(Cl)cc1CCCO. The lowest BCUT2D eigenvalue weighted by atomic mass is 10.1. The minimum atomic E-state index is 0.189. The third-order valence-corrected chi connectivity index (χ3v) is 2.34. The molecule has 0 spiro atoms. The number of rotatable bonds is 4. The quantitative estimate of drug-likeness (QED) is 0.835. The van der Waals surface area contributed by atoms with Crippen molar-refractivity contribution < 1.29 is 9.84 Å². The molecule has 0 amide bonds. The fraction of sp³-hybridized carbons (Fsp3) is 0.455. The molecular weight excluding hydrogens is 200 g/mol. The van der Waals surface area contributed by atoms with Gasteiger partial charge in [0.2, 0.25) is 0 Å². The normalized spacial score (nSPS) is 10.3. The van der Waals surface area contributed by atoms with E-state index in [2.05, 4.69) is 0 Å². The monoisotopic (exact) mass is 214 g/mol. The molecule has 3 heteroatoms. The summed E-state index contributed by atoms with van der Waals surface area (Å²) >= 11 is 5.94. The van der Waals surface area contributed by atoms with Crippen molar-refractivity contribution in [2.75, 3.05) is 13.7 Å². The minimum absolute atomic E-state index is 0.189. The molecule has 0 saturated carbocycles. The summed E-state index contributed by atoms with van der Waals surface area (Å²) in [5.74, 6) is 0.878. The highest BCUT2D eigenvalue weighted by molar-refractivity contribution is 6.30. The maximum Gasteiger partial charge on any atom is 0.125 e. The molecule has 0 aliphatic rings. The van der Waals surface area contributed by atoms with Gasteiger partial charge >= 0.3 is 0 Å². The van der Waals surface area contributed by atoms with E-state index in [9.17, 15) is 0 Å². The number of methoxy groups -OCH3 is 1. The predicted octanol–water partition coefficient (Wildman–Crippen LogP) is 2.58. The molecule has 0 heterocycles. The molecule has 2 nitrogen and oxygen atoms in total. The smallest absolute Gasteiger partial charge is 0.125 e. The zero-order valence-corrected chi connectivity index (χ0v) is 9.27. The van der Waals surface area contributed by atoms with Crippen LogP contribution in [0.4, 0.5) is 0 Å². The maximum absolute atomic E-state index is 8.76. The van der Waals surface area contributed by atoms with Gasteiger partial charge in [0.05, 0.1) is 7.11 Å². The van der Waals surface area contributed by atoms with E-state index < -0.39 is 0 Å². The second kappa shape index (κ2) is 5.23. The van der Waals surface area contributed by atoms with Gasteiger partial charge in [0.1, 0.15) is 5.75 Å². The minimum Gasteiger partial charge on any atom is -0.496 e. The number of aryl methyl sites for hydroxylation is 2. The van der Waals surface area contributed by atoms with Crippen LogP contribution in [0.15, 0.2) is 12.1 Å². The van der Waals surface area contributed by atoms with Gasteiger partial charge in [-0.05, 0) is 43.0 Å². The molecule has 0 aliphatic heterocycles. The number of aliphatic hydroxyl groups excluding tert-OH is 1. The lowest BCUT2D eigenvalue weighted by Gasteiger charge is -2.11. The Morgan fingerprint density at radius 3 is 2.71 bits per heavy atom. The third-order valence-electron chi connectivity index (χ3n) is 2.12. The lowest BCUT2D eigenvalue weighted by Crippen LogP contribution is -1.96. The number of benzene rings is 1. The van der Waals surface area contributed by atoms with Gasteiger partial charge in [0.15, 0.2) is 0 Å². The van der Waals surface area contributed by atoms with Crippen LogP contribution in [0.25, 0.3) is 0 Å². The first kappa shape index (κ1) is 11.3. The largest absolute Gasteiger partial charge is 0.496 e. The summed E-state index contributed by atoms with van der Waals surface area (Å²) in [6.45, 7) is 2.15. The van der Waals surface area contributed by atoms with Crippen LogP contribution in [0.2, 0.25) is 5.02 Å². The Kier molecular flexibility index (Phi) is 4.23. The summed E-state index contributed by atoms with van der Waals surface area (Å²) in [5.41, 5.74) is 2.10. The van der Waals surface area contributed by atoms with Gasteiger partial charge in [-0.2, -0.15) is 0 Å². The summed E-state index contributed by atoms with van der Waals surface area (Å²) in [6.07, 6.45) is 1.53. The molecule has 0 atom stereocenters. The third kappa shape index (κ3) is 2.63. The number of hydrogen-bond acceptors (Lipinski definition) is 2. The Balaban J connectivity index is 2.99. The Hall–Kier alpha value is -0.730. The Morgan fingerprint density at radius 1 is 1.43 bits per heavy atom. The van der Waals surface area contributed by atoms with E-state index >= 15 is 0 Å². The average molecular weight is 215 g/mol. The molecule has 1 rings (SSSR count). The molecule has 0 aliphatic carbocycles. The first-order chi connectivity index (χ1) is 6.69. The van der Waals surface area contributed by atoms with Crippen molar-refractivity contribution in [1.29, 1.82) is 0 Å². The van der Waals surface area contributed by atoms with Gasteiger partial charge < -0.3 is 9.84 Å². The number of ether oxygens (including phenoxy) is 1. The highest BCUT2D eigenvalue weighted by atomic mass is 35.5. The summed E-state index contributed by atoms with van der Waals surface area (Å²) in [5, 5.41) is 9.47. The first-order valence-electron chi connectivity index (χ1n) is 4.63. The number of halogens is 1. The lowest BCUT2D eigenvalue weighted by molar-refractivity contribution is 0.287. The number of hydrogen-bond donors (Lipinski definition) is 1. The van der Waals surface area contributed by atoms with Crippen LogP contribution >= 0.6 is 11.6 Å². The van der Waals surface area contributed by atoms with Gasteiger partial charge in [-0.3, -0.25) is 0 Å². The van der Waals surface area contributed by atoms with Gasteiger partial charge in [0.25, 0.3) is 0 Å². The van der Waals surface area contributed by atoms with Crippen molar-refractivity contribution in [2.45, 2.75) is 19.8 Å². The topological polar surface area (TPSA) is 29.5 Å². The highest BCUT2D eigenvalue weighted by Crippen LogP contribution is 2.28. The Morgan fingerprint density at radius 2 is 2.14 bits per heavy atom. The van der Waals surface area contributed by atoms with Crippen LogP contribution in [0, 0.1) is 6.92 Å². The Labute approximate surface area is 89.5 Å². The first-order valence-corrected chi connectivity index (χ1v) is 5.00. The maximum atomic E-state index is 8.76. The molecule has 14 heavy (non-hydrogen) atoms. The van der Waals surface area contributed by atoms with Crippen molar-refractivity contribution in [3.63, 3.8) is 0 Å². The van der Waals surface area contributed by atoms with Gasteiger partial charge in [0, 0.05) is 11.6 Å². The standard InChI is InChI=1S/C11H15ClO2/c1-8-6-10(12)7-9(4-3-5-13)11(8)14-2/h6-7,13H,3-5H2,1-2H3. The van der Waals surface area contributed by atoms with Gasteiger partial charge in [-0.25, -0.2) is 0 Å². The van der Waals surface area contributed by atoms with Crippen molar-refractivity contribution in [2.24, 2.45) is 0 Å².